The van der Waals surface area contributed by atoms with Crippen molar-refractivity contribution < 1.29 is 13.9 Å². The van der Waals surface area contributed by atoms with Gasteiger partial charge in [-0.05, 0) is 37.1 Å². The van der Waals surface area contributed by atoms with E-state index >= 15 is 0 Å². The summed E-state index contributed by atoms with van der Waals surface area (Å²) in [5, 5.41) is 5.77. The molecule has 120 valence electrons. The van der Waals surface area contributed by atoms with Crippen molar-refractivity contribution in [3.63, 3.8) is 0 Å². The molecule has 2 N–H and O–H groups in total. The van der Waals surface area contributed by atoms with Gasteiger partial charge < -0.3 is 15.4 Å². The Morgan fingerprint density at radius 1 is 1.26 bits per heavy atom. The molecule has 2 aromatic rings. The lowest BCUT2D eigenvalue weighted by atomic mass is 10.2. The molecule has 7 heteroatoms. The number of ether oxygens (including phenoxy) is 1. The summed E-state index contributed by atoms with van der Waals surface area (Å²) in [5.41, 5.74) is 0.934. The third-order valence-electron chi connectivity index (χ3n) is 3.52. The van der Waals surface area contributed by atoms with Gasteiger partial charge in [-0.15, -0.1) is 0 Å². The van der Waals surface area contributed by atoms with Crippen LogP contribution in [0.5, 0.6) is 0 Å². The maximum Gasteiger partial charge on any atom is 0.271 e. The van der Waals surface area contributed by atoms with Crippen LogP contribution in [0.3, 0.4) is 0 Å². The van der Waals surface area contributed by atoms with Gasteiger partial charge in [0.25, 0.3) is 5.91 Å². The highest BCUT2D eigenvalue weighted by atomic mass is 19.1. The normalized spacial score (nSPS) is 17.0. The molecule has 1 aromatic heterocycles. The average Bonchev–Trinajstić information content (AvgIpc) is 3.09. The number of hydrogen-bond donors (Lipinski definition) is 2. The number of anilines is 2. The van der Waals surface area contributed by atoms with E-state index in [4.69, 9.17) is 4.74 Å². The third kappa shape index (κ3) is 4.23. The average molecular weight is 316 g/mol. The summed E-state index contributed by atoms with van der Waals surface area (Å²) in [6, 6.07) is 5.89. The molecular weight excluding hydrogens is 299 g/mol. The number of benzene rings is 1. The van der Waals surface area contributed by atoms with Gasteiger partial charge in [-0.25, -0.2) is 14.4 Å². The minimum absolute atomic E-state index is 0.0892. The molecule has 0 radical (unpaired) electrons. The number of hydrogen-bond acceptors (Lipinski definition) is 5. The molecule has 0 bridgehead atoms. The standard InChI is InChI=1S/C16H17FN4O2/c17-11-3-5-12(6-4-11)21-15-10-18-14(9-19-15)16(22)20-8-13-2-1-7-23-13/h3-6,9-10,13H,1-2,7-8H2,(H,19,21)(H,20,22). The number of carbonyl (C=O) groups excluding carboxylic acids is 1. The Bertz CT molecular complexity index is 655. The van der Waals surface area contributed by atoms with E-state index in [1.54, 1.807) is 12.1 Å². The number of rotatable bonds is 5. The SMILES string of the molecule is O=C(NCC1CCCO1)c1cnc(Nc2ccc(F)cc2)cn1. The van der Waals surface area contributed by atoms with Crippen molar-refractivity contribution in [1.29, 1.82) is 0 Å². The predicted octanol–water partition coefficient (Wildman–Crippen LogP) is 2.27. The van der Waals surface area contributed by atoms with Gasteiger partial charge in [-0.3, -0.25) is 4.79 Å². The minimum atomic E-state index is -0.306. The Kier molecular flexibility index (Phi) is 4.77. The van der Waals surface area contributed by atoms with Crippen molar-refractivity contribution in [3.8, 4) is 0 Å². The zero-order valence-corrected chi connectivity index (χ0v) is 12.5. The number of amides is 1. The quantitative estimate of drug-likeness (QED) is 0.885. The van der Waals surface area contributed by atoms with E-state index in [1.807, 2.05) is 0 Å². The Morgan fingerprint density at radius 3 is 2.74 bits per heavy atom. The molecule has 1 amide bonds. The van der Waals surface area contributed by atoms with Crippen molar-refractivity contribution in [3.05, 3.63) is 48.2 Å². The fourth-order valence-electron chi connectivity index (χ4n) is 2.29. The number of halogens is 1. The summed E-state index contributed by atoms with van der Waals surface area (Å²) in [5.74, 6) is -0.103. The van der Waals surface area contributed by atoms with Crippen LogP contribution in [0.15, 0.2) is 36.7 Å². The van der Waals surface area contributed by atoms with Crippen LogP contribution in [0, 0.1) is 5.82 Å². The summed E-state index contributed by atoms with van der Waals surface area (Å²) in [4.78, 5) is 20.2. The van der Waals surface area contributed by atoms with E-state index in [-0.39, 0.29) is 23.5 Å². The summed E-state index contributed by atoms with van der Waals surface area (Å²) >= 11 is 0. The molecule has 2 heterocycles. The van der Waals surface area contributed by atoms with Crippen molar-refractivity contribution in [2.75, 3.05) is 18.5 Å². The molecule has 1 saturated heterocycles. The second-order valence-corrected chi connectivity index (χ2v) is 5.26. The molecule has 1 aromatic carbocycles. The van der Waals surface area contributed by atoms with Gasteiger partial charge in [0.05, 0.1) is 18.5 Å². The van der Waals surface area contributed by atoms with Crippen molar-refractivity contribution >= 4 is 17.4 Å². The van der Waals surface area contributed by atoms with Gasteiger partial charge in [0.1, 0.15) is 17.3 Å². The summed E-state index contributed by atoms with van der Waals surface area (Å²) in [6.45, 7) is 1.24. The second kappa shape index (κ2) is 7.15. The minimum Gasteiger partial charge on any atom is -0.376 e. The zero-order valence-electron chi connectivity index (χ0n) is 12.5. The van der Waals surface area contributed by atoms with Crippen molar-refractivity contribution in [1.82, 2.24) is 15.3 Å². The van der Waals surface area contributed by atoms with E-state index in [9.17, 15) is 9.18 Å². The lowest BCUT2D eigenvalue weighted by Crippen LogP contribution is -2.32. The first-order valence-electron chi connectivity index (χ1n) is 7.45. The van der Waals surface area contributed by atoms with Crippen LogP contribution >= 0.6 is 0 Å². The van der Waals surface area contributed by atoms with Crippen LogP contribution in [0.4, 0.5) is 15.9 Å². The highest BCUT2D eigenvalue weighted by Crippen LogP contribution is 2.14. The lowest BCUT2D eigenvalue weighted by molar-refractivity contribution is 0.0853. The Labute approximate surface area is 133 Å². The van der Waals surface area contributed by atoms with E-state index in [0.717, 1.165) is 19.4 Å². The van der Waals surface area contributed by atoms with E-state index in [2.05, 4.69) is 20.6 Å². The van der Waals surface area contributed by atoms with Crippen molar-refractivity contribution in [2.24, 2.45) is 0 Å². The maximum atomic E-state index is 12.8. The second-order valence-electron chi connectivity index (χ2n) is 5.26. The highest BCUT2D eigenvalue weighted by Gasteiger charge is 2.17. The number of nitrogens with one attached hydrogen (secondary N) is 2. The topological polar surface area (TPSA) is 76.1 Å². The van der Waals surface area contributed by atoms with Crippen molar-refractivity contribution in [2.45, 2.75) is 18.9 Å². The number of carbonyl (C=O) groups is 1. The van der Waals surface area contributed by atoms with Crippen LogP contribution in [0.2, 0.25) is 0 Å². The summed E-state index contributed by atoms with van der Waals surface area (Å²) < 4.78 is 18.3. The lowest BCUT2D eigenvalue weighted by Gasteiger charge is -2.10. The van der Waals surface area contributed by atoms with Gasteiger partial charge in [0.2, 0.25) is 0 Å². The Morgan fingerprint density at radius 2 is 2.09 bits per heavy atom. The van der Waals surface area contributed by atoms with Gasteiger partial charge in [0, 0.05) is 18.8 Å². The molecule has 23 heavy (non-hydrogen) atoms. The fraction of sp³-hybridized carbons (Fsp3) is 0.312. The highest BCUT2D eigenvalue weighted by molar-refractivity contribution is 5.92. The maximum absolute atomic E-state index is 12.8. The first-order valence-corrected chi connectivity index (χ1v) is 7.45. The number of nitrogens with zero attached hydrogens (tertiary/aromatic N) is 2. The Balaban J connectivity index is 1.55. The molecule has 0 aliphatic carbocycles. The zero-order chi connectivity index (χ0) is 16.1. The Hall–Kier alpha value is -2.54. The molecular formula is C16H17FN4O2. The largest absolute Gasteiger partial charge is 0.376 e. The molecule has 1 fully saturated rings. The molecule has 3 rings (SSSR count). The summed E-state index contributed by atoms with van der Waals surface area (Å²) in [7, 11) is 0. The summed E-state index contributed by atoms with van der Waals surface area (Å²) in [6.07, 6.45) is 4.95. The monoisotopic (exact) mass is 316 g/mol. The smallest absolute Gasteiger partial charge is 0.271 e. The molecule has 1 aliphatic rings. The number of aromatic nitrogens is 2. The van der Waals surface area contributed by atoms with E-state index in [0.29, 0.717) is 18.1 Å². The molecule has 0 spiro atoms. The molecule has 1 atom stereocenters. The van der Waals surface area contributed by atoms with Crippen LogP contribution in [0.25, 0.3) is 0 Å². The predicted molar refractivity (Wildman–Crippen MR) is 83.0 cm³/mol. The molecule has 1 unspecified atom stereocenters. The molecule has 1 aliphatic heterocycles. The van der Waals surface area contributed by atoms with Crippen LogP contribution in [-0.2, 0) is 4.74 Å². The van der Waals surface area contributed by atoms with E-state index < -0.39 is 0 Å². The van der Waals surface area contributed by atoms with Crippen LogP contribution in [-0.4, -0.2) is 35.1 Å². The fourth-order valence-corrected chi connectivity index (χ4v) is 2.29. The van der Waals surface area contributed by atoms with Crippen LogP contribution in [0.1, 0.15) is 23.3 Å². The van der Waals surface area contributed by atoms with Gasteiger partial charge >= 0.3 is 0 Å². The van der Waals surface area contributed by atoms with Gasteiger partial charge in [-0.1, -0.05) is 0 Å². The molecule has 6 nitrogen and oxygen atoms in total. The first kappa shape index (κ1) is 15.4. The molecule has 0 saturated carbocycles. The first-order chi connectivity index (χ1) is 11.2. The third-order valence-corrected chi connectivity index (χ3v) is 3.52. The van der Waals surface area contributed by atoms with Gasteiger partial charge in [-0.2, -0.15) is 0 Å². The van der Waals surface area contributed by atoms with E-state index in [1.165, 1.54) is 24.5 Å². The van der Waals surface area contributed by atoms with Gasteiger partial charge in [0.15, 0.2) is 0 Å². The van der Waals surface area contributed by atoms with Crippen LogP contribution < -0.4 is 10.6 Å².